The third-order valence-corrected chi connectivity index (χ3v) is 8.97. The van der Waals surface area contributed by atoms with Gasteiger partial charge in [0.15, 0.2) is 5.78 Å². The zero-order valence-electron chi connectivity index (χ0n) is 26.8. The number of nitrogens with zero attached hydrogens (tertiary/aromatic N) is 4. The molecule has 11 heteroatoms. The van der Waals surface area contributed by atoms with Crippen LogP contribution in [-0.4, -0.2) is 24.9 Å². The Morgan fingerprint density at radius 3 is 1.27 bits per heavy atom. The van der Waals surface area contributed by atoms with Crippen molar-refractivity contribution < 1.29 is 31.1 Å². The normalized spacial score (nSPS) is 12.1. The van der Waals surface area contributed by atoms with E-state index in [4.69, 9.17) is 0 Å². The fourth-order valence-corrected chi connectivity index (χ4v) is 6.67. The summed E-state index contributed by atoms with van der Waals surface area (Å²) in [6.45, 7) is 0. The van der Waals surface area contributed by atoms with Crippen molar-refractivity contribution in [1.29, 1.82) is 0 Å². The highest BCUT2D eigenvalue weighted by Gasteiger charge is 2.36. The molecule has 4 aromatic heterocycles. The molecule has 0 radical (unpaired) electrons. The quantitative estimate of drug-likeness (QED) is 0.128. The van der Waals surface area contributed by atoms with Gasteiger partial charge in [-0.15, -0.1) is 0 Å². The molecule has 4 aromatic carbocycles. The lowest BCUT2D eigenvalue weighted by molar-refractivity contribution is -0.137. The first kappa shape index (κ1) is 32.7. The summed E-state index contributed by atoms with van der Waals surface area (Å²) in [5.74, 6) is -0.679. The first-order valence-corrected chi connectivity index (χ1v) is 16.0. The maximum Gasteiger partial charge on any atom is 0.418 e. The SMILES string of the molecule is O=C(c1cnc2c(C(F)(F)F)cccc2c1-c1cccc(-n2cccc2)c1)c1cnc2c(C(F)(F)F)cccc2c1-c1cccc(-n2cccc2)c1. The third kappa shape index (κ3) is 5.69. The number of hydrogen-bond donors (Lipinski definition) is 0. The van der Waals surface area contributed by atoms with Gasteiger partial charge in [-0.25, -0.2) is 0 Å². The second-order valence-corrected chi connectivity index (χ2v) is 12.1. The van der Waals surface area contributed by atoms with Crippen LogP contribution in [-0.2, 0) is 12.4 Å². The summed E-state index contributed by atoms with van der Waals surface area (Å²) in [5, 5.41) is 0.157. The molecular weight excluding hydrogens is 678 g/mol. The first-order valence-electron chi connectivity index (χ1n) is 16.0. The molecule has 4 heterocycles. The van der Waals surface area contributed by atoms with Crippen molar-refractivity contribution in [2.75, 3.05) is 0 Å². The molecule has 8 rings (SSSR count). The first-order chi connectivity index (χ1) is 25.0. The highest BCUT2D eigenvalue weighted by molar-refractivity contribution is 6.21. The Hall–Kier alpha value is -6.49. The van der Waals surface area contributed by atoms with Crippen molar-refractivity contribution in [2.45, 2.75) is 12.4 Å². The Bertz CT molecular complexity index is 2440. The molecule has 0 N–H and O–H groups in total. The van der Waals surface area contributed by atoms with Gasteiger partial charge in [-0.3, -0.25) is 14.8 Å². The minimum absolute atomic E-state index is 0.0487. The van der Waals surface area contributed by atoms with Crippen molar-refractivity contribution >= 4 is 27.6 Å². The molecule has 0 saturated carbocycles. The molecule has 0 atom stereocenters. The Labute approximate surface area is 292 Å². The number of ketones is 1. The molecule has 0 spiro atoms. The van der Waals surface area contributed by atoms with E-state index in [2.05, 4.69) is 9.97 Å². The van der Waals surface area contributed by atoms with E-state index in [0.29, 0.717) is 22.5 Å². The Balaban J connectivity index is 1.42. The number of pyridine rings is 2. The van der Waals surface area contributed by atoms with Crippen LogP contribution in [0.2, 0.25) is 0 Å². The highest BCUT2D eigenvalue weighted by Crippen LogP contribution is 2.42. The summed E-state index contributed by atoms with van der Waals surface area (Å²) in [7, 11) is 0. The topological polar surface area (TPSA) is 52.7 Å². The van der Waals surface area contributed by atoms with Crippen LogP contribution in [0.3, 0.4) is 0 Å². The average molecular weight is 703 g/mol. The smallest absolute Gasteiger partial charge is 0.324 e. The zero-order chi connectivity index (χ0) is 36.2. The maximum atomic E-state index is 15.0. The predicted molar refractivity (Wildman–Crippen MR) is 186 cm³/mol. The van der Waals surface area contributed by atoms with Gasteiger partial charge in [0.1, 0.15) is 0 Å². The summed E-state index contributed by atoms with van der Waals surface area (Å²) >= 11 is 0. The van der Waals surface area contributed by atoms with Crippen LogP contribution in [0, 0.1) is 0 Å². The number of halogens is 6. The van der Waals surface area contributed by atoms with Gasteiger partial charge in [0.25, 0.3) is 0 Å². The fraction of sp³-hybridized carbons (Fsp3) is 0.0488. The van der Waals surface area contributed by atoms with Crippen LogP contribution >= 0.6 is 0 Å². The van der Waals surface area contributed by atoms with Crippen LogP contribution in [0.1, 0.15) is 27.0 Å². The van der Waals surface area contributed by atoms with E-state index < -0.39 is 29.3 Å². The van der Waals surface area contributed by atoms with Crippen molar-refractivity contribution in [1.82, 2.24) is 19.1 Å². The lowest BCUT2D eigenvalue weighted by Gasteiger charge is -2.19. The summed E-state index contributed by atoms with van der Waals surface area (Å²) in [5.41, 5.74) is -0.117. The molecule has 0 amide bonds. The summed E-state index contributed by atoms with van der Waals surface area (Å²) in [4.78, 5) is 23.4. The standard InChI is InChI=1S/C41H24F6N4O/c42-40(43,44)33-15-7-13-29-35(25-9-5-11-27(21-25)50-17-1-2-18-50)31(23-48-37(29)33)39(52)32-24-49-38-30(14-8-16-34(38)41(45,46)47)36(32)26-10-6-12-28(22-26)51-19-3-4-20-51/h1-24H. The van der Waals surface area contributed by atoms with Gasteiger partial charge < -0.3 is 9.13 Å². The number of alkyl halides is 6. The molecule has 0 aliphatic heterocycles. The number of aromatic nitrogens is 4. The molecule has 0 aliphatic rings. The summed E-state index contributed by atoms with van der Waals surface area (Å²) in [6, 6.07) is 28.6. The van der Waals surface area contributed by atoms with E-state index in [-0.39, 0.29) is 44.1 Å². The molecule has 0 fully saturated rings. The van der Waals surface area contributed by atoms with Crippen LogP contribution in [0.4, 0.5) is 26.3 Å². The van der Waals surface area contributed by atoms with Gasteiger partial charge in [-0.1, -0.05) is 48.5 Å². The van der Waals surface area contributed by atoms with E-state index in [1.165, 1.54) is 24.3 Å². The lowest BCUT2D eigenvalue weighted by atomic mass is 9.87. The van der Waals surface area contributed by atoms with Crippen LogP contribution in [0.25, 0.3) is 55.4 Å². The van der Waals surface area contributed by atoms with Gasteiger partial charge in [0, 0.05) is 81.6 Å². The van der Waals surface area contributed by atoms with Gasteiger partial charge >= 0.3 is 12.4 Å². The summed E-state index contributed by atoms with van der Waals surface area (Å²) in [6.07, 6.45) is -0.0359. The van der Waals surface area contributed by atoms with Crippen LogP contribution < -0.4 is 0 Å². The Kier molecular flexibility index (Phi) is 7.78. The van der Waals surface area contributed by atoms with Crippen molar-refractivity contribution in [2.24, 2.45) is 0 Å². The second kappa shape index (κ2) is 12.4. The van der Waals surface area contributed by atoms with E-state index >= 15 is 0 Å². The molecule has 8 aromatic rings. The molecule has 256 valence electrons. The molecular formula is C41H24F6N4O. The minimum atomic E-state index is -4.74. The third-order valence-electron chi connectivity index (χ3n) is 8.97. The molecule has 52 heavy (non-hydrogen) atoms. The van der Waals surface area contributed by atoms with Crippen LogP contribution in [0.15, 0.2) is 146 Å². The monoisotopic (exact) mass is 702 g/mol. The largest absolute Gasteiger partial charge is 0.418 e. The van der Waals surface area contributed by atoms with E-state index in [9.17, 15) is 31.1 Å². The lowest BCUT2D eigenvalue weighted by Crippen LogP contribution is -2.12. The Morgan fingerprint density at radius 2 is 0.885 bits per heavy atom. The Morgan fingerprint density at radius 1 is 0.500 bits per heavy atom. The summed E-state index contributed by atoms with van der Waals surface area (Å²) < 4.78 is 89.2. The number of para-hydroxylation sites is 2. The fourth-order valence-electron chi connectivity index (χ4n) is 6.67. The molecule has 0 unspecified atom stereocenters. The number of hydrogen-bond acceptors (Lipinski definition) is 3. The van der Waals surface area contributed by atoms with Gasteiger partial charge in [0.2, 0.25) is 0 Å². The van der Waals surface area contributed by atoms with Crippen LogP contribution in [0.5, 0.6) is 0 Å². The van der Waals surface area contributed by atoms with Gasteiger partial charge in [0.05, 0.1) is 22.2 Å². The number of fused-ring (bicyclic) bond motifs is 2. The molecule has 0 bridgehead atoms. The number of carbonyl (C=O) groups excluding carboxylic acids is 1. The minimum Gasteiger partial charge on any atom is -0.324 e. The second-order valence-electron chi connectivity index (χ2n) is 12.1. The van der Waals surface area contributed by atoms with Gasteiger partial charge in [-0.05, 0) is 71.8 Å². The van der Waals surface area contributed by atoms with Crippen molar-refractivity contribution in [3.8, 4) is 33.6 Å². The van der Waals surface area contributed by atoms with E-state index in [0.717, 1.165) is 24.5 Å². The van der Waals surface area contributed by atoms with Gasteiger partial charge in [-0.2, -0.15) is 26.3 Å². The maximum absolute atomic E-state index is 15.0. The highest BCUT2D eigenvalue weighted by atomic mass is 19.4. The van der Waals surface area contributed by atoms with E-state index in [1.807, 2.05) is 70.3 Å². The van der Waals surface area contributed by atoms with Crippen molar-refractivity contribution in [3.05, 3.63) is 169 Å². The number of benzene rings is 4. The zero-order valence-corrected chi connectivity index (χ0v) is 26.8. The molecule has 0 aliphatic carbocycles. The number of carbonyl (C=O) groups is 1. The number of rotatable bonds is 6. The molecule has 5 nitrogen and oxygen atoms in total. The predicted octanol–water partition coefficient (Wildman–Crippen LogP) is 11.0. The average Bonchev–Trinajstić information content (AvgIpc) is 3.88. The van der Waals surface area contributed by atoms with E-state index in [1.54, 1.807) is 36.4 Å². The van der Waals surface area contributed by atoms with Crippen molar-refractivity contribution in [3.63, 3.8) is 0 Å². The molecule has 0 saturated heterocycles.